The molecule has 5 nitrogen and oxygen atoms in total. The van der Waals surface area contributed by atoms with E-state index in [1.165, 1.54) is 0 Å². The lowest BCUT2D eigenvalue weighted by molar-refractivity contribution is 0.297. The van der Waals surface area contributed by atoms with Crippen LogP contribution in [0.4, 0.5) is 0 Å². The van der Waals surface area contributed by atoms with Gasteiger partial charge in [-0.25, -0.2) is 4.98 Å². The van der Waals surface area contributed by atoms with Gasteiger partial charge in [-0.1, -0.05) is 28.9 Å². The summed E-state index contributed by atoms with van der Waals surface area (Å²) in [5.41, 5.74) is 2.60. The molecule has 0 atom stereocenters. The number of oxazole rings is 1. The molecule has 0 bridgehead atoms. The van der Waals surface area contributed by atoms with Crippen LogP contribution in [0.25, 0.3) is 11.5 Å². The molecule has 0 radical (unpaired) electrons. The van der Waals surface area contributed by atoms with Crippen molar-refractivity contribution in [3.05, 3.63) is 58.3 Å². The second kappa shape index (κ2) is 6.56. The van der Waals surface area contributed by atoms with Crippen LogP contribution in [0.1, 0.15) is 22.9 Å². The van der Waals surface area contributed by atoms with Crippen molar-refractivity contribution in [2.75, 3.05) is 7.05 Å². The fraction of sp³-hybridized carbons (Fsp3) is 0.294. The number of nitrogens with zero attached hydrogens (tertiary/aromatic N) is 3. The Balaban J connectivity index is 1.75. The molecular weight excluding hydrogens is 314 g/mol. The van der Waals surface area contributed by atoms with Gasteiger partial charge < -0.3 is 8.94 Å². The number of aryl methyl sites for hydroxylation is 2. The first-order valence-electron chi connectivity index (χ1n) is 7.35. The average Bonchev–Trinajstić information content (AvgIpc) is 3.06. The van der Waals surface area contributed by atoms with Crippen molar-refractivity contribution in [3.63, 3.8) is 0 Å². The number of aromatic nitrogens is 2. The van der Waals surface area contributed by atoms with E-state index < -0.39 is 0 Å². The summed E-state index contributed by atoms with van der Waals surface area (Å²) in [7, 11) is 2.01. The number of halogens is 1. The third-order valence-corrected chi connectivity index (χ3v) is 3.85. The SMILES string of the molecule is Cc1cc(CN(C)Cc2nc(-c3ccccc3Cl)oc2C)no1. The number of hydrogen-bond acceptors (Lipinski definition) is 5. The minimum atomic E-state index is 0.550. The van der Waals surface area contributed by atoms with Gasteiger partial charge >= 0.3 is 0 Å². The van der Waals surface area contributed by atoms with Gasteiger partial charge in [-0.05, 0) is 33.0 Å². The summed E-state index contributed by atoms with van der Waals surface area (Å²) in [5.74, 6) is 2.16. The molecule has 0 N–H and O–H groups in total. The number of benzene rings is 1. The standard InChI is InChI=1S/C17H18ClN3O2/c1-11-8-13(20-23-11)9-21(3)10-16-12(2)22-17(19-16)14-6-4-5-7-15(14)18/h4-8H,9-10H2,1-3H3. The zero-order chi connectivity index (χ0) is 16.4. The van der Waals surface area contributed by atoms with Crippen LogP contribution in [0.3, 0.4) is 0 Å². The Kier molecular flexibility index (Phi) is 4.50. The Morgan fingerprint density at radius 1 is 1.17 bits per heavy atom. The lowest BCUT2D eigenvalue weighted by Crippen LogP contribution is -2.18. The van der Waals surface area contributed by atoms with E-state index in [0.29, 0.717) is 24.0 Å². The summed E-state index contributed by atoms with van der Waals surface area (Å²) in [6.07, 6.45) is 0. The van der Waals surface area contributed by atoms with Crippen LogP contribution in [-0.2, 0) is 13.1 Å². The van der Waals surface area contributed by atoms with E-state index in [2.05, 4.69) is 15.0 Å². The third-order valence-electron chi connectivity index (χ3n) is 3.53. The van der Waals surface area contributed by atoms with Gasteiger partial charge in [-0.2, -0.15) is 0 Å². The molecule has 2 aromatic heterocycles. The monoisotopic (exact) mass is 331 g/mol. The van der Waals surface area contributed by atoms with Gasteiger partial charge in [0.05, 0.1) is 22.0 Å². The van der Waals surface area contributed by atoms with Crippen molar-refractivity contribution in [2.45, 2.75) is 26.9 Å². The van der Waals surface area contributed by atoms with Crippen LogP contribution in [-0.4, -0.2) is 22.1 Å². The molecule has 0 spiro atoms. The molecule has 0 aliphatic carbocycles. The average molecular weight is 332 g/mol. The van der Waals surface area contributed by atoms with Gasteiger partial charge in [0.15, 0.2) is 0 Å². The summed E-state index contributed by atoms with van der Waals surface area (Å²) >= 11 is 6.21. The van der Waals surface area contributed by atoms with Crippen LogP contribution in [0, 0.1) is 13.8 Å². The predicted molar refractivity (Wildman–Crippen MR) is 88.1 cm³/mol. The highest BCUT2D eigenvalue weighted by Gasteiger charge is 2.15. The normalized spacial score (nSPS) is 11.3. The summed E-state index contributed by atoms with van der Waals surface area (Å²) in [6, 6.07) is 9.46. The van der Waals surface area contributed by atoms with Gasteiger partial charge in [-0.3, -0.25) is 4.90 Å². The first-order chi connectivity index (χ1) is 11.0. The van der Waals surface area contributed by atoms with Crippen molar-refractivity contribution in [1.82, 2.24) is 15.0 Å². The van der Waals surface area contributed by atoms with Gasteiger partial charge in [0.1, 0.15) is 11.5 Å². The molecule has 3 rings (SSSR count). The summed E-state index contributed by atoms with van der Waals surface area (Å²) in [5, 5.41) is 4.64. The van der Waals surface area contributed by atoms with Crippen LogP contribution < -0.4 is 0 Å². The molecule has 0 fully saturated rings. The maximum atomic E-state index is 6.21. The van der Waals surface area contributed by atoms with E-state index in [1.54, 1.807) is 0 Å². The van der Waals surface area contributed by atoms with E-state index in [1.807, 2.05) is 51.2 Å². The molecule has 6 heteroatoms. The second-order valence-corrected chi connectivity index (χ2v) is 6.01. The van der Waals surface area contributed by atoms with Gasteiger partial charge in [0, 0.05) is 19.2 Å². The topological polar surface area (TPSA) is 55.3 Å². The van der Waals surface area contributed by atoms with Crippen LogP contribution in [0.2, 0.25) is 5.02 Å². The molecule has 2 heterocycles. The van der Waals surface area contributed by atoms with Crippen molar-refractivity contribution in [1.29, 1.82) is 0 Å². The fourth-order valence-corrected chi connectivity index (χ4v) is 2.62. The van der Waals surface area contributed by atoms with E-state index in [0.717, 1.165) is 28.5 Å². The highest BCUT2D eigenvalue weighted by Crippen LogP contribution is 2.28. The predicted octanol–water partition coefficient (Wildman–Crippen LogP) is 4.23. The largest absolute Gasteiger partial charge is 0.441 e. The summed E-state index contributed by atoms with van der Waals surface area (Å²) in [4.78, 5) is 6.70. The number of hydrogen-bond donors (Lipinski definition) is 0. The molecule has 120 valence electrons. The van der Waals surface area contributed by atoms with Crippen molar-refractivity contribution in [3.8, 4) is 11.5 Å². The molecule has 3 aromatic rings. The van der Waals surface area contributed by atoms with Crippen molar-refractivity contribution < 1.29 is 8.94 Å². The minimum Gasteiger partial charge on any atom is -0.441 e. The first kappa shape index (κ1) is 15.8. The Bertz CT molecular complexity index is 810. The molecule has 0 amide bonds. The Morgan fingerprint density at radius 3 is 2.65 bits per heavy atom. The zero-order valence-electron chi connectivity index (χ0n) is 13.3. The van der Waals surface area contributed by atoms with E-state index in [9.17, 15) is 0 Å². The maximum Gasteiger partial charge on any atom is 0.228 e. The van der Waals surface area contributed by atoms with Gasteiger partial charge in [0.25, 0.3) is 0 Å². The van der Waals surface area contributed by atoms with E-state index in [4.69, 9.17) is 20.5 Å². The molecule has 0 aliphatic heterocycles. The molecule has 1 aromatic carbocycles. The fourth-order valence-electron chi connectivity index (χ4n) is 2.41. The van der Waals surface area contributed by atoms with Gasteiger partial charge in [-0.15, -0.1) is 0 Å². The quantitative estimate of drug-likeness (QED) is 0.700. The molecule has 23 heavy (non-hydrogen) atoms. The Labute approximate surface area is 139 Å². The Morgan fingerprint density at radius 2 is 1.96 bits per heavy atom. The van der Waals surface area contributed by atoms with Crippen molar-refractivity contribution >= 4 is 11.6 Å². The molecule has 0 unspecified atom stereocenters. The minimum absolute atomic E-state index is 0.550. The van der Waals surface area contributed by atoms with E-state index in [-0.39, 0.29) is 0 Å². The molecular formula is C17H18ClN3O2. The second-order valence-electron chi connectivity index (χ2n) is 5.60. The van der Waals surface area contributed by atoms with Crippen LogP contribution in [0.5, 0.6) is 0 Å². The third kappa shape index (κ3) is 3.63. The summed E-state index contributed by atoms with van der Waals surface area (Å²) in [6.45, 7) is 5.14. The maximum absolute atomic E-state index is 6.21. The Hall–Kier alpha value is -2.11. The smallest absolute Gasteiger partial charge is 0.228 e. The van der Waals surface area contributed by atoms with Crippen LogP contribution in [0.15, 0.2) is 39.3 Å². The van der Waals surface area contributed by atoms with E-state index >= 15 is 0 Å². The lowest BCUT2D eigenvalue weighted by atomic mass is 10.2. The highest BCUT2D eigenvalue weighted by molar-refractivity contribution is 6.33. The first-order valence-corrected chi connectivity index (χ1v) is 7.72. The van der Waals surface area contributed by atoms with Crippen molar-refractivity contribution in [2.24, 2.45) is 0 Å². The van der Waals surface area contributed by atoms with Gasteiger partial charge in [0.2, 0.25) is 5.89 Å². The molecule has 0 aliphatic rings. The zero-order valence-corrected chi connectivity index (χ0v) is 14.1. The molecule has 0 saturated heterocycles. The van der Waals surface area contributed by atoms with Crippen LogP contribution >= 0.6 is 11.6 Å². The molecule has 0 saturated carbocycles. The lowest BCUT2D eigenvalue weighted by Gasteiger charge is -2.13. The summed E-state index contributed by atoms with van der Waals surface area (Å²) < 4.78 is 10.9. The highest BCUT2D eigenvalue weighted by atomic mass is 35.5. The number of rotatable bonds is 5.